The summed E-state index contributed by atoms with van der Waals surface area (Å²) in [5.41, 5.74) is 2.36. The quantitative estimate of drug-likeness (QED) is 0.787. The second kappa shape index (κ2) is 3.56. The fraction of sp³-hybridized carbons (Fsp3) is 0.143. The van der Waals surface area contributed by atoms with Crippen molar-refractivity contribution in [2.45, 2.75) is 12.5 Å². The van der Waals surface area contributed by atoms with Crippen LogP contribution in [0.15, 0.2) is 48.5 Å². The number of aromatic hydroxyl groups is 1. The van der Waals surface area contributed by atoms with E-state index >= 15 is 0 Å². The molecule has 0 spiro atoms. The summed E-state index contributed by atoms with van der Waals surface area (Å²) in [6, 6.07) is 15.3. The number of fused-ring (bicyclic) bond motifs is 1. The van der Waals surface area contributed by atoms with Crippen LogP contribution in [0.2, 0.25) is 0 Å². The molecule has 1 heterocycles. The first-order valence-electron chi connectivity index (χ1n) is 5.36. The topological polar surface area (TPSA) is 29.5 Å². The van der Waals surface area contributed by atoms with E-state index in [1.54, 1.807) is 12.1 Å². The molecule has 0 amide bonds. The molecule has 1 N–H and O–H groups in total. The predicted octanol–water partition coefficient (Wildman–Crippen LogP) is 3.07. The van der Waals surface area contributed by atoms with Crippen LogP contribution >= 0.6 is 0 Å². The predicted molar refractivity (Wildman–Crippen MR) is 61.6 cm³/mol. The fourth-order valence-electron chi connectivity index (χ4n) is 2.06. The summed E-state index contributed by atoms with van der Waals surface area (Å²) in [5.74, 6) is 1.26. The van der Waals surface area contributed by atoms with Gasteiger partial charge in [-0.25, -0.2) is 0 Å². The Balaban J connectivity index is 1.88. The molecule has 0 aromatic heterocycles. The number of benzene rings is 2. The molecule has 80 valence electrons. The maximum atomic E-state index is 9.23. The molecule has 0 saturated carbocycles. The van der Waals surface area contributed by atoms with Crippen LogP contribution in [-0.2, 0) is 6.42 Å². The second-order valence-electron chi connectivity index (χ2n) is 4.01. The molecule has 2 aromatic carbocycles. The van der Waals surface area contributed by atoms with E-state index in [0.717, 1.165) is 17.7 Å². The van der Waals surface area contributed by atoms with Gasteiger partial charge in [-0.3, -0.25) is 0 Å². The largest absolute Gasteiger partial charge is 0.508 e. The highest BCUT2D eigenvalue weighted by Crippen LogP contribution is 2.36. The van der Waals surface area contributed by atoms with Crippen molar-refractivity contribution >= 4 is 0 Å². The van der Waals surface area contributed by atoms with Gasteiger partial charge in [0.15, 0.2) is 0 Å². The standard InChI is InChI=1S/C14H12O2/c15-12-7-5-10(6-8-12)14-9-11-3-1-2-4-13(11)16-14/h1-8,14-15H,9H2. The minimum absolute atomic E-state index is 0.0815. The Kier molecular flexibility index (Phi) is 2.07. The number of para-hydroxylation sites is 1. The summed E-state index contributed by atoms with van der Waals surface area (Å²) in [4.78, 5) is 0. The van der Waals surface area contributed by atoms with E-state index < -0.39 is 0 Å². The van der Waals surface area contributed by atoms with Crippen molar-refractivity contribution in [3.05, 3.63) is 59.7 Å². The average molecular weight is 212 g/mol. The molecular weight excluding hydrogens is 200 g/mol. The van der Waals surface area contributed by atoms with Gasteiger partial charge in [0.05, 0.1) is 0 Å². The lowest BCUT2D eigenvalue weighted by atomic mass is 10.0. The zero-order chi connectivity index (χ0) is 11.0. The van der Waals surface area contributed by atoms with E-state index in [1.807, 2.05) is 30.3 Å². The van der Waals surface area contributed by atoms with Crippen molar-refractivity contribution in [1.29, 1.82) is 0 Å². The Morgan fingerprint density at radius 2 is 1.75 bits per heavy atom. The zero-order valence-electron chi connectivity index (χ0n) is 8.76. The normalized spacial score (nSPS) is 17.9. The molecule has 1 atom stereocenters. The molecule has 3 rings (SSSR count). The van der Waals surface area contributed by atoms with Crippen molar-refractivity contribution in [2.75, 3.05) is 0 Å². The molecule has 2 nitrogen and oxygen atoms in total. The third kappa shape index (κ3) is 1.52. The molecule has 16 heavy (non-hydrogen) atoms. The summed E-state index contributed by atoms with van der Waals surface area (Å²) >= 11 is 0. The third-order valence-corrected chi connectivity index (χ3v) is 2.91. The summed E-state index contributed by atoms with van der Waals surface area (Å²) in [6.07, 6.45) is 0.985. The number of hydrogen-bond donors (Lipinski definition) is 1. The lowest BCUT2D eigenvalue weighted by Gasteiger charge is -2.10. The van der Waals surface area contributed by atoms with Crippen molar-refractivity contribution < 1.29 is 9.84 Å². The van der Waals surface area contributed by atoms with Crippen LogP contribution in [0, 0.1) is 0 Å². The first-order valence-corrected chi connectivity index (χ1v) is 5.36. The van der Waals surface area contributed by atoms with Gasteiger partial charge in [0.1, 0.15) is 17.6 Å². The monoisotopic (exact) mass is 212 g/mol. The van der Waals surface area contributed by atoms with E-state index in [2.05, 4.69) is 6.07 Å². The SMILES string of the molecule is Oc1ccc(C2Cc3ccccc3O2)cc1. The maximum Gasteiger partial charge on any atom is 0.128 e. The molecule has 1 unspecified atom stereocenters. The zero-order valence-corrected chi connectivity index (χ0v) is 8.76. The Bertz CT molecular complexity index is 477. The van der Waals surface area contributed by atoms with Gasteiger partial charge in [0, 0.05) is 6.42 Å². The molecular formula is C14H12O2. The van der Waals surface area contributed by atoms with E-state index in [-0.39, 0.29) is 6.10 Å². The van der Waals surface area contributed by atoms with Crippen LogP contribution < -0.4 is 4.74 Å². The first kappa shape index (κ1) is 9.28. The minimum Gasteiger partial charge on any atom is -0.508 e. The highest BCUT2D eigenvalue weighted by Gasteiger charge is 2.23. The van der Waals surface area contributed by atoms with Crippen LogP contribution in [0.4, 0.5) is 0 Å². The molecule has 2 heteroatoms. The van der Waals surface area contributed by atoms with Crippen molar-refractivity contribution in [2.24, 2.45) is 0 Å². The van der Waals surface area contributed by atoms with Gasteiger partial charge in [-0.15, -0.1) is 0 Å². The Morgan fingerprint density at radius 3 is 2.50 bits per heavy atom. The smallest absolute Gasteiger partial charge is 0.128 e. The van der Waals surface area contributed by atoms with Crippen LogP contribution in [0.25, 0.3) is 0 Å². The molecule has 1 aliphatic heterocycles. The number of ether oxygens (including phenoxy) is 1. The van der Waals surface area contributed by atoms with Crippen molar-refractivity contribution in [1.82, 2.24) is 0 Å². The summed E-state index contributed by atoms with van der Waals surface area (Å²) in [5, 5.41) is 9.23. The van der Waals surface area contributed by atoms with E-state index in [9.17, 15) is 5.11 Å². The summed E-state index contributed by atoms with van der Waals surface area (Å²) in [6.45, 7) is 0. The van der Waals surface area contributed by atoms with Gasteiger partial charge in [-0.2, -0.15) is 0 Å². The molecule has 0 bridgehead atoms. The molecule has 2 aromatic rings. The van der Waals surface area contributed by atoms with Gasteiger partial charge >= 0.3 is 0 Å². The van der Waals surface area contributed by atoms with Gasteiger partial charge in [0.2, 0.25) is 0 Å². The lowest BCUT2D eigenvalue weighted by Crippen LogP contribution is -2.02. The van der Waals surface area contributed by atoms with Gasteiger partial charge in [-0.1, -0.05) is 30.3 Å². The average Bonchev–Trinajstić information content (AvgIpc) is 2.73. The van der Waals surface area contributed by atoms with Gasteiger partial charge < -0.3 is 9.84 Å². The molecule has 1 aliphatic rings. The fourth-order valence-corrected chi connectivity index (χ4v) is 2.06. The van der Waals surface area contributed by atoms with Crippen molar-refractivity contribution in [3.8, 4) is 11.5 Å². The molecule has 0 saturated heterocycles. The second-order valence-corrected chi connectivity index (χ2v) is 4.01. The Labute approximate surface area is 94.1 Å². The highest BCUT2D eigenvalue weighted by atomic mass is 16.5. The number of hydrogen-bond acceptors (Lipinski definition) is 2. The van der Waals surface area contributed by atoms with Crippen LogP contribution in [0.1, 0.15) is 17.2 Å². The van der Waals surface area contributed by atoms with Gasteiger partial charge in [-0.05, 0) is 29.3 Å². The Morgan fingerprint density at radius 1 is 1.00 bits per heavy atom. The first-order chi connectivity index (χ1) is 7.83. The van der Waals surface area contributed by atoms with E-state index in [4.69, 9.17) is 4.74 Å². The van der Waals surface area contributed by atoms with E-state index in [0.29, 0.717) is 5.75 Å². The number of phenolic OH excluding ortho intramolecular Hbond substituents is 1. The van der Waals surface area contributed by atoms with Crippen molar-refractivity contribution in [3.63, 3.8) is 0 Å². The number of phenols is 1. The summed E-state index contributed by atoms with van der Waals surface area (Å²) in [7, 11) is 0. The molecule has 0 aliphatic carbocycles. The van der Waals surface area contributed by atoms with E-state index in [1.165, 1.54) is 5.56 Å². The maximum absolute atomic E-state index is 9.23. The van der Waals surface area contributed by atoms with Gasteiger partial charge in [0.25, 0.3) is 0 Å². The third-order valence-electron chi connectivity index (χ3n) is 2.91. The molecule has 0 radical (unpaired) electrons. The lowest BCUT2D eigenvalue weighted by molar-refractivity contribution is 0.238. The minimum atomic E-state index is 0.0815. The Hall–Kier alpha value is -1.96. The van der Waals surface area contributed by atoms with Crippen LogP contribution in [0.3, 0.4) is 0 Å². The summed E-state index contributed by atoms with van der Waals surface area (Å²) < 4.78 is 5.85. The molecule has 0 fully saturated rings. The highest BCUT2D eigenvalue weighted by molar-refractivity contribution is 5.40. The van der Waals surface area contributed by atoms with Crippen LogP contribution in [0.5, 0.6) is 11.5 Å². The number of rotatable bonds is 1. The van der Waals surface area contributed by atoms with Crippen LogP contribution in [-0.4, -0.2) is 5.11 Å².